The molecule has 0 bridgehead atoms. The summed E-state index contributed by atoms with van der Waals surface area (Å²) in [5.74, 6) is 1.24. The Morgan fingerprint density at radius 1 is 1.38 bits per heavy atom. The molecule has 2 aromatic rings. The molecule has 1 aliphatic carbocycles. The van der Waals surface area contributed by atoms with Gasteiger partial charge in [-0.2, -0.15) is 0 Å². The number of rotatable bonds is 6. The van der Waals surface area contributed by atoms with Gasteiger partial charge in [0.1, 0.15) is 5.01 Å². The molecular formula is C18H22N4O2S2. The van der Waals surface area contributed by atoms with Gasteiger partial charge in [-0.1, -0.05) is 11.3 Å². The fraction of sp³-hybridized carbons (Fsp3) is 0.556. The first-order chi connectivity index (χ1) is 12.6. The molecule has 2 fully saturated rings. The van der Waals surface area contributed by atoms with Crippen molar-refractivity contribution in [1.82, 2.24) is 10.2 Å². The topological polar surface area (TPSA) is 88.0 Å². The molecule has 2 aliphatic rings. The van der Waals surface area contributed by atoms with Crippen molar-refractivity contribution < 1.29 is 9.53 Å². The van der Waals surface area contributed by atoms with Crippen LogP contribution in [0.15, 0.2) is 11.4 Å². The van der Waals surface area contributed by atoms with Crippen molar-refractivity contribution in [2.75, 3.05) is 18.5 Å². The predicted octanol–water partition coefficient (Wildman–Crippen LogP) is 4.10. The maximum Gasteiger partial charge on any atom is 0.267 e. The quantitative estimate of drug-likeness (QED) is 0.727. The number of ether oxygens (including phenoxy) is 1. The Bertz CT molecular complexity index is 810. The second kappa shape index (κ2) is 7.54. The molecule has 2 atom stereocenters. The van der Waals surface area contributed by atoms with Crippen LogP contribution in [-0.4, -0.2) is 35.0 Å². The van der Waals surface area contributed by atoms with Crippen molar-refractivity contribution in [2.45, 2.75) is 38.5 Å². The van der Waals surface area contributed by atoms with E-state index < -0.39 is 0 Å². The monoisotopic (exact) mass is 390 g/mol. The molecule has 4 rings (SSSR count). The van der Waals surface area contributed by atoms with Gasteiger partial charge >= 0.3 is 0 Å². The summed E-state index contributed by atoms with van der Waals surface area (Å²) >= 11 is 2.83. The van der Waals surface area contributed by atoms with Gasteiger partial charge in [-0.3, -0.25) is 10.1 Å². The number of amides is 1. The molecule has 3 heterocycles. The van der Waals surface area contributed by atoms with Gasteiger partial charge in [-0.05, 0) is 61.5 Å². The number of anilines is 1. The molecule has 138 valence electrons. The molecule has 2 aromatic heterocycles. The van der Waals surface area contributed by atoms with E-state index in [0.717, 1.165) is 49.6 Å². The SMILES string of the molecule is Cc1nnc(NC(=O)c2cc([C@@H]3C[C@H]3C(=N)CC3CCOCC3)cs2)s1. The Kier molecular flexibility index (Phi) is 5.15. The first-order valence-corrected chi connectivity index (χ1v) is 10.6. The van der Waals surface area contributed by atoms with E-state index in [1.807, 2.05) is 13.0 Å². The molecule has 1 aliphatic heterocycles. The lowest BCUT2D eigenvalue weighted by molar-refractivity contribution is 0.0682. The summed E-state index contributed by atoms with van der Waals surface area (Å²) in [4.78, 5) is 13.0. The smallest absolute Gasteiger partial charge is 0.267 e. The Balaban J connectivity index is 1.32. The zero-order chi connectivity index (χ0) is 18.1. The molecule has 26 heavy (non-hydrogen) atoms. The highest BCUT2D eigenvalue weighted by molar-refractivity contribution is 7.15. The average Bonchev–Trinajstić information content (AvgIpc) is 3.09. The highest BCUT2D eigenvalue weighted by atomic mass is 32.1. The molecular weight excluding hydrogens is 368 g/mol. The Morgan fingerprint density at radius 3 is 2.92 bits per heavy atom. The maximum absolute atomic E-state index is 12.3. The Morgan fingerprint density at radius 2 is 2.19 bits per heavy atom. The van der Waals surface area contributed by atoms with E-state index in [-0.39, 0.29) is 5.91 Å². The third kappa shape index (κ3) is 4.02. The van der Waals surface area contributed by atoms with Crippen molar-refractivity contribution >= 4 is 39.4 Å². The minimum Gasteiger partial charge on any atom is -0.381 e. The Hall–Kier alpha value is -1.64. The molecule has 1 saturated carbocycles. The fourth-order valence-corrected chi connectivity index (χ4v) is 4.99. The lowest BCUT2D eigenvalue weighted by atomic mass is 9.92. The number of carbonyl (C=O) groups excluding carboxylic acids is 1. The molecule has 2 N–H and O–H groups in total. The summed E-state index contributed by atoms with van der Waals surface area (Å²) in [7, 11) is 0. The second-order valence-corrected chi connectivity index (χ2v) is 9.15. The lowest BCUT2D eigenvalue weighted by Crippen LogP contribution is -2.19. The summed E-state index contributed by atoms with van der Waals surface area (Å²) < 4.78 is 5.40. The van der Waals surface area contributed by atoms with Gasteiger partial charge < -0.3 is 10.1 Å². The van der Waals surface area contributed by atoms with Crippen LogP contribution in [-0.2, 0) is 4.74 Å². The molecule has 1 amide bonds. The van der Waals surface area contributed by atoms with Crippen LogP contribution in [0.2, 0.25) is 0 Å². The first kappa shape index (κ1) is 17.8. The highest BCUT2D eigenvalue weighted by Gasteiger charge is 2.42. The number of nitrogens with zero attached hydrogens (tertiary/aromatic N) is 2. The number of aromatic nitrogens is 2. The number of carbonyl (C=O) groups is 1. The number of hydrogen-bond acceptors (Lipinski definition) is 7. The normalized spacial score (nSPS) is 23.0. The van der Waals surface area contributed by atoms with E-state index >= 15 is 0 Å². The molecule has 8 heteroatoms. The van der Waals surface area contributed by atoms with Crippen molar-refractivity contribution in [1.29, 1.82) is 5.41 Å². The summed E-state index contributed by atoms with van der Waals surface area (Å²) in [6.45, 7) is 3.53. The van der Waals surface area contributed by atoms with Gasteiger partial charge in [0.05, 0.1) is 4.88 Å². The first-order valence-electron chi connectivity index (χ1n) is 8.95. The van der Waals surface area contributed by atoms with E-state index in [9.17, 15) is 4.79 Å². The third-order valence-electron chi connectivity index (χ3n) is 5.11. The largest absolute Gasteiger partial charge is 0.381 e. The zero-order valence-electron chi connectivity index (χ0n) is 14.7. The minimum atomic E-state index is -0.133. The molecule has 0 aromatic carbocycles. The van der Waals surface area contributed by atoms with Crippen LogP contribution in [0.3, 0.4) is 0 Å². The lowest BCUT2D eigenvalue weighted by Gasteiger charge is -2.22. The minimum absolute atomic E-state index is 0.133. The van der Waals surface area contributed by atoms with Crippen molar-refractivity contribution in [3.8, 4) is 0 Å². The number of aryl methyl sites for hydroxylation is 1. The van der Waals surface area contributed by atoms with Crippen LogP contribution in [0, 0.1) is 24.2 Å². The number of hydrogen-bond donors (Lipinski definition) is 2. The van der Waals surface area contributed by atoms with Crippen LogP contribution < -0.4 is 5.32 Å². The highest BCUT2D eigenvalue weighted by Crippen LogP contribution is 2.50. The summed E-state index contributed by atoms with van der Waals surface area (Å²) in [6.07, 6.45) is 4.09. The standard InChI is InChI=1S/C18H22N4O2S2/c1-10-21-22-18(26-10)20-17(23)16-7-12(9-25-16)13-8-14(13)15(19)6-11-2-4-24-5-3-11/h7,9,11,13-14,19H,2-6,8H2,1H3,(H,20,22,23)/t13-,14+/m0/s1. The van der Waals surface area contributed by atoms with Crippen LogP contribution in [0.5, 0.6) is 0 Å². The second-order valence-electron chi connectivity index (χ2n) is 7.06. The molecule has 0 radical (unpaired) electrons. The Labute approximate surface area is 160 Å². The summed E-state index contributed by atoms with van der Waals surface area (Å²) in [5, 5.41) is 22.5. The number of nitrogens with one attached hydrogen (secondary N) is 2. The van der Waals surface area contributed by atoms with Crippen LogP contribution in [0.4, 0.5) is 5.13 Å². The van der Waals surface area contributed by atoms with Crippen LogP contribution in [0.1, 0.15) is 51.8 Å². The van der Waals surface area contributed by atoms with Gasteiger partial charge in [0.15, 0.2) is 0 Å². The van der Waals surface area contributed by atoms with Crippen LogP contribution >= 0.6 is 22.7 Å². The average molecular weight is 391 g/mol. The third-order valence-corrected chi connectivity index (χ3v) is 6.81. The van der Waals surface area contributed by atoms with Gasteiger partial charge in [0.25, 0.3) is 5.91 Å². The van der Waals surface area contributed by atoms with Crippen molar-refractivity contribution in [3.63, 3.8) is 0 Å². The van der Waals surface area contributed by atoms with E-state index in [1.54, 1.807) is 0 Å². The molecule has 0 spiro atoms. The van der Waals surface area contributed by atoms with Crippen molar-refractivity contribution in [3.05, 3.63) is 26.9 Å². The molecule has 0 unspecified atom stereocenters. The zero-order valence-corrected chi connectivity index (χ0v) is 16.3. The summed E-state index contributed by atoms with van der Waals surface area (Å²) in [6, 6.07) is 1.97. The van der Waals surface area contributed by atoms with Gasteiger partial charge in [-0.15, -0.1) is 21.5 Å². The van der Waals surface area contributed by atoms with Gasteiger partial charge in [-0.25, -0.2) is 0 Å². The van der Waals surface area contributed by atoms with Crippen LogP contribution in [0.25, 0.3) is 0 Å². The van der Waals surface area contributed by atoms with Crippen molar-refractivity contribution in [2.24, 2.45) is 11.8 Å². The van der Waals surface area contributed by atoms with E-state index in [2.05, 4.69) is 20.9 Å². The molecule has 1 saturated heterocycles. The van der Waals surface area contributed by atoms with Gasteiger partial charge in [0, 0.05) is 24.8 Å². The fourth-order valence-electron chi connectivity index (χ4n) is 3.53. The van der Waals surface area contributed by atoms with E-state index in [0.29, 0.717) is 27.8 Å². The number of thiophene rings is 1. The predicted molar refractivity (Wildman–Crippen MR) is 104 cm³/mol. The summed E-state index contributed by atoms with van der Waals surface area (Å²) in [5.41, 5.74) is 2.07. The maximum atomic E-state index is 12.3. The van der Waals surface area contributed by atoms with E-state index in [4.69, 9.17) is 10.1 Å². The van der Waals surface area contributed by atoms with Gasteiger partial charge in [0.2, 0.25) is 5.13 Å². The van der Waals surface area contributed by atoms with E-state index in [1.165, 1.54) is 28.2 Å². The molecule has 6 nitrogen and oxygen atoms in total.